The molecule has 2 fully saturated rings. The molecular weight excluding hydrogens is 498 g/mol. The lowest BCUT2D eigenvalue weighted by atomic mass is 10.0. The molecule has 0 aliphatic carbocycles. The molecule has 190 valence electrons. The van der Waals surface area contributed by atoms with Gasteiger partial charge in [0.1, 0.15) is 4.88 Å². The highest BCUT2D eigenvalue weighted by Gasteiger charge is 2.31. The number of sulfonamides is 1. The molecule has 3 heterocycles. The normalized spacial score (nSPS) is 17.4. The number of thiazole rings is 1. The lowest BCUT2D eigenvalue weighted by Crippen LogP contribution is -2.48. The lowest BCUT2D eigenvalue weighted by molar-refractivity contribution is 0.0710. The zero-order chi connectivity index (χ0) is 25.1. The van der Waals surface area contributed by atoms with Crippen LogP contribution in [0.1, 0.15) is 28.1 Å². The molecule has 2 aliphatic heterocycles. The van der Waals surface area contributed by atoms with Gasteiger partial charge in [0, 0.05) is 38.3 Å². The van der Waals surface area contributed by atoms with Crippen molar-refractivity contribution in [1.29, 1.82) is 0 Å². The van der Waals surface area contributed by atoms with Crippen molar-refractivity contribution in [2.24, 2.45) is 0 Å². The van der Waals surface area contributed by atoms with E-state index in [0.717, 1.165) is 36.5 Å². The van der Waals surface area contributed by atoms with Crippen molar-refractivity contribution >= 4 is 32.4 Å². The van der Waals surface area contributed by atoms with Gasteiger partial charge in [-0.2, -0.15) is 4.31 Å². The van der Waals surface area contributed by atoms with E-state index in [0.29, 0.717) is 46.6 Å². The number of hydrogen-bond donors (Lipinski definition) is 2. The summed E-state index contributed by atoms with van der Waals surface area (Å²) in [6, 6.07) is 15.4. The first-order valence-corrected chi connectivity index (χ1v) is 14.3. The minimum Gasteiger partial charge on any atom is -0.345 e. The fourth-order valence-corrected chi connectivity index (χ4v) is 7.29. The number of nitrogens with zero attached hydrogens (tertiary/aromatic N) is 4. The molecule has 11 heteroatoms. The molecule has 0 atom stereocenters. The van der Waals surface area contributed by atoms with Crippen molar-refractivity contribution in [3.8, 4) is 11.1 Å². The topological polar surface area (TPSA) is 106 Å². The van der Waals surface area contributed by atoms with E-state index in [1.165, 1.54) is 28.9 Å². The first-order valence-electron chi connectivity index (χ1n) is 12.0. The lowest BCUT2D eigenvalue weighted by Gasteiger charge is -2.34. The molecule has 2 N–H and O–H groups in total. The molecule has 2 saturated heterocycles. The maximum absolute atomic E-state index is 13.7. The van der Waals surface area contributed by atoms with Gasteiger partial charge in [-0.15, -0.1) is 0 Å². The first kappa shape index (κ1) is 24.8. The Kier molecular flexibility index (Phi) is 7.35. The summed E-state index contributed by atoms with van der Waals surface area (Å²) in [7, 11) is -3.71. The molecule has 1 aromatic heterocycles. The molecule has 0 bridgehead atoms. The monoisotopic (exact) mass is 527 g/mol. The molecule has 0 spiro atoms. The molecule has 0 unspecified atom stereocenters. The third-order valence-electron chi connectivity index (χ3n) is 6.68. The highest BCUT2D eigenvalue weighted by atomic mass is 32.2. The number of hydrogen-bond acceptors (Lipinski definition) is 8. The standard InChI is InChI=1S/C25H29N5O4S2/c31-24(27-32)22-17-26-25(35-22)29-12-14-30(15-13-29)36(33,34)23-9-2-1-8-21(23)20-7-5-6-19(16-20)18-28-10-3-4-11-28/h1-2,5-9,16-17,32H,3-4,10-15,18H2,(H,27,31). The Balaban J connectivity index is 1.33. The smallest absolute Gasteiger partial charge is 0.286 e. The Morgan fingerprint density at radius 3 is 2.50 bits per heavy atom. The van der Waals surface area contributed by atoms with Crippen LogP contribution in [0.4, 0.5) is 5.13 Å². The van der Waals surface area contributed by atoms with Gasteiger partial charge >= 0.3 is 0 Å². The van der Waals surface area contributed by atoms with E-state index in [9.17, 15) is 13.2 Å². The van der Waals surface area contributed by atoms with Crippen LogP contribution in [0, 0.1) is 0 Å². The summed E-state index contributed by atoms with van der Waals surface area (Å²) in [5, 5.41) is 9.44. The number of nitrogens with one attached hydrogen (secondary N) is 1. The summed E-state index contributed by atoms with van der Waals surface area (Å²) in [5.74, 6) is -0.610. The summed E-state index contributed by atoms with van der Waals surface area (Å²) in [6.45, 7) is 4.64. The van der Waals surface area contributed by atoms with Crippen LogP contribution in [0.2, 0.25) is 0 Å². The Morgan fingerprint density at radius 2 is 1.75 bits per heavy atom. The molecule has 0 radical (unpaired) electrons. The molecule has 9 nitrogen and oxygen atoms in total. The SMILES string of the molecule is O=C(NO)c1cnc(N2CCN(S(=O)(=O)c3ccccc3-c3cccc(CN4CCCC4)c3)CC2)s1. The van der Waals surface area contributed by atoms with Crippen molar-refractivity contribution in [1.82, 2.24) is 19.7 Å². The summed E-state index contributed by atoms with van der Waals surface area (Å²) in [6.07, 6.45) is 3.87. The van der Waals surface area contributed by atoms with E-state index >= 15 is 0 Å². The molecule has 5 rings (SSSR count). The zero-order valence-electron chi connectivity index (χ0n) is 19.8. The Hall–Kier alpha value is -2.83. The molecule has 1 amide bonds. The predicted molar refractivity (Wildman–Crippen MR) is 139 cm³/mol. The quantitative estimate of drug-likeness (QED) is 0.359. The molecule has 0 saturated carbocycles. The van der Waals surface area contributed by atoms with E-state index in [4.69, 9.17) is 5.21 Å². The Labute approximate surface area is 215 Å². The summed E-state index contributed by atoms with van der Waals surface area (Å²) in [4.78, 5) is 20.9. The second-order valence-electron chi connectivity index (χ2n) is 9.02. The second kappa shape index (κ2) is 10.7. The minimum absolute atomic E-state index is 0.295. The van der Waals surface area contributed by atoms with E-state index < -0.39 is 15.9 Å². The summed E-state index contributed by atoms with van der Waals surface area (Å²) < 4.78 is 29.0. The number of piperazine rings is 1. The third kappa shape index (κ3) is 5.16. The van der Waals surface area contributed by atoms with Crippen LogP contribution in [-0.2, 0) is 16.6 Å². The largest absolute Gasteiger partial charge is 0.345 e. The van der Waals surface area contributed by atoms with E-state index in [2.05, 4.69) is 22.0 Å². The molecular formula is C25H29N5O4S2. The third-order valence-corrected chi connectivity index (χ3v) is 9.69. The Bertz CT molecular complexity index is 1330. The van der Waals surface area contributed by atoms with Crippen LogP contribution in [0.25, 0.3) is 11.1 Å². The summed E-state index contributed by atoms with van der Waals surface area (Å²) >= 11 is 1.16. The van der Waals surface area contributed by atoms with Gasteiger partial charge in [0.15, 0.2) is 5.13 Å². The highest BCUT2D eigenvalue weighted by molar-refractivity contribution is 7.89. The van der Waals surface area contributed by atoms with Crippen molar-refractivity contribution in [3.63, 3.8) is 0 Å². The van der Waals surface area contributed by atoms with Gasteiger partial charge in [0.2, 0.25) is 10.0 Å². The van der Waals surface area contributed by atoms with Gasteiger partial charge < -0.3 is 4.90 Å². The molecule has 3 aromatic rings. The number of aromatic nitrogens is 1. The predicted octanol–water partition coefficient (Wildman–Crippen LogP) is 3.04. The van der Waals surface area contributed by atoms with Crippen LogP contribution >= 0.6 is 11.3 Å². The minimum atomic E-state index is -3.71. The van der Waals surface area contributed by atoms with Gasteiger partial charge in [-0.05, 0) is 49.2 Å². The number of carbonyl (C=O) groups excluding carboxylic acids is 1. The van der Waals surface area contributed by atoms with Gasteiger partial charge in [0.05, 0.1) is 11.1 Å². The first-order chi connectivity index (χ1) is 17.5. The van der Waals surface area contributed by atoms with E-state index in [1.54, 1.807) is 17.6 Å². The average molecular weight is 528 g/mol. The number of benzene rings is 2. The van der Waals surface area contributed by atoms with E-state index in [-0.39, 0.29) is 0 Å². The molecule has 2 aliphatic rings. The molecule has 2 aromatic carbocycles. The van der Waals surface area contributed by atoms with Crippen molar-refractivity contribution in [3.05, 3.63) is 65.2 Å². The number of amides is 1. The summed E-state index contributed by atoms with van der Waals surface area (Å²) in [5.41, 5.74) is 4.41. The van der Waals surface area contributed by atoms with E-state index in [1.807, 2.05) is 29.2 Å². The highest BCUT2D eigenvalue weighted by Crippen LogP contribution is 2.32. The number of anilines is 1. The Morgan fingerprint density at radius 1 is 1.00 bits per heavy atom. The zero-order valence-corrected chi connectivity index (χ0v) is 21.5. The van der Waals surface area contributed by atoms with Crippen molar-refractivity contribution < 1.29 is 18.4 Å². The molecule has 36 heavy (non-hydrogen) atoms. The van der Waals surface area contributed by atoms with Gasteiger partial charge in [0.25, 0.3) is 5.91 Å². The van der Waals surface area contributed by atoms with Gasteiger partial charge in [-0.3, -0.25) is 14.9 Å². The number of carbonyl (C=O) groups is 1. The van der Waals surface area contributed by atoms with Gasteiger partial charge in [-0.25, -0.2) is 18.9 Å². The fraction of sp³-hybridized carbons (Fsp3) is 0.360. The van der Waals surface area contributed by atoms with Crippen LogP contribution in [0.5, 0.6) is 0 Å². The fourth-order valence-electron chi connectivity index (χ4n) is 4.80. The number of likely N-dealkylation sites (tertiary alicyclic amines) is 1. The van der Waals surface area contributed by atoms with Crippen LogP contribution in [-0.4, -0.2) is 73.0 Å². The van der Waals surface area contributed by atoms with Crippen LogP contribution in [0.15, 0.2) is 59.6 Å². The van der Waals surface area contributed by atoms with Crippen molar-refractivity contribution in [2.45, 2.75) is 24.3 Å². The van der Waals surface area contributed by atoms with Crippen LogP contribution < -0.4 is 10.4 Å². The second-order valence-corrected chi connectivity index (χ2v) is 11.9. The average Bonchev–Trinajstić information content (AvgIpc) is 3.61. The van der Waals surface area contributed by atoms with Crippen molar-refractivity contribution in [2.75, 3.05) is 44.2 Å². The number of rotatable bonds is 7. The van der Waals surface area contributed by atoms with Gasteiger partial charge in [-0.1, -0.05) is 47.7 Å². The maximum Gasteiger partial charge on any atom is 0.286 e. The van der Waals surface area contributed by atoms with Crippen LogP contribution in [0.3, 0.4) is 0 Å². The maximum atomic E-state index is 13.7. The number of hydroxylamine groups is 1.